The largest absolute Gasteiger partial charge is 0.349 e. The normalized spacial score (nSPS) is 11.0. The van der Waals surface area contributed by atoms with E-state index >= 15 is 0 Å². The molecule has 0 aliphatic heterocycles. The second kappa shape index (κ2) is 8.53. The van der Waals surface area contributed by atoms with Gasteiger partial charge < -0.3 is 5.32 Å². The van der Waals surface area contributed by atoms with Gasteiger partial charge in [-0.1, -0.05) is 97.1 Å². The summed E-state index contributed by atoms with van der Waals surface area (Å²) in [5, 5.41) is 3.13. The molecule has 1 aromatic heterocycles. The number of nitrogens with one attached hydrogen (secondary N) is 1. The van der Waals surface area contributed by atoms with E-state index in [1.165, 1.54) is 0 Å². The molecule has 0 saturated heterocycles. The van der Waals surface area contributed by atoms with E-state index in [0.717, 1.165) is 22.4 Å². The van der Waals surface area contributed by atoms with Crippen molar-refractivity contribution in [3.63, 3.8) is 0 Å². The van der Waals surface area contributed by atoms with Crippen LogP contribution in [-0.4, -0.2) is 10.9 Å². The van der Waals surface area contributed by atoms with Crippen molar-refractivity contribution in [1.82, 2.24) is 10.3 Å². The maximum absolute atomic E-state index is 13.9. The Morgan fingerprint density at radius 3 is 1.52 bits per heavy atom. The molecule has 0 atom stereocenters. The van der Waals surface area contributed by atoms with Crippen LogP contribution < -0.4 is 5.32 Å². The Labute approximate surface area is 171 Å². The molecule has 0 fully saturated rings. The van der Waals surface area contributed by atoms with Crippen molar-refractivity contribution >= 4 is 5.91 Å². The number of hydrogen-bond donors (Lipinski definition) is 1. The zero-order valence-electron chi connectivity index (χ0n) is 16.0. The highest BCUT2D eigenvalue weighted by molar-refractivity contribution is 5.96. The Morgan fingerprint density at radius 1 is 0.655 bits per heavy atom. The molecule has 3 nitrogen and oxygen atoms in total. The Kier molecular flexibility index (Phi) is 5.48. The summed E-state index contributed by atoms with van der Waals surface area (Å²) in [6, 6.07) is 35.5. The average molecular weight is 378 g/mol. The topological polar surface area (TPSA) is 42.0 Å². The molecule has 3 aromatic carbocycles. The van der Waals surface area contributed by atoms with Crippen molar-refractivity contribution < 1.29 is 4.79 Å². The fraction of sp³-hybridized carbons (Fsp3) is 0.0769. The Hall–Kier alpha value is -3.72. The highest BCUT2D eigenvalue weighted by atomic mass is 16.2. The molecule has 3 heteroatoms. The van der Waals surface area contributed by atoms with Crippen molar-refractivity contribution in [2.45, 2.75) is 12.0 Å². The third-order valence-electron chi connectivity index (χ3n) is 5.12. The smallest absolute Gasteiger partial charge is 0.239 e. The molecule has 0 saturated carbocycles. The van der Waals surface area contributed by atoms with Gasteiger partial charge in [-0.3, -0.25) is 9.78 Å². The average Bonchev–Trinajstić information content (AvgIpc) is 2.81. The van der Waals surface area contributed by atoms with Crippen LogP contribution >= 0.6 is 0 Å². The van der Waals surface area contributed by atoms with E-state index < -0.39 is 5.41 Å². The predicted octanol–water partition coefficient (Wildman–Crippen LogP) is 4.73. The lowest BCUT2D eigenvalue weighted by Crippen LogP contribution is -2.46. The lowest BCUT2D eigenvalue weighted by Gasteiger charge is -2.34. The summed E-state index contributed by atoms with van der Waals surface area (Å²) in [6.07, 6.45) is 1.74. The van der Waals surface area contributed by atoms with E-state index in [2.05, 4.69) is 10.3 Å². The molecule has 4 aromatic rings. The van der Waals surface area contributed by atoms with E-state index in [4.69, 9.17) is 0 Å². The van der Waals surface area contributed by atoms with Crippen molar-refractivity contribution in [2.24, 2.45) is 0 Å². The first-order valence-corrected chi connectivity index (χ1v) is 9.66. The molecule has 0 radical (unpaired) electrons. The molecule has 0 aliphatic carbocycles. The molecule has 29 heavy (non-hydrogen) atoms. The van der Waals surface area contributed by atoms with E-state index in [-0.39, 0.29) is 5.91 Å². The summed E-state index contributed by atoms with van der Waals surface area (Å²) in [6.45, 7) is 0.369. The van der Waals surface area contributed by atoms with Gasteiger partial charge in [0.15, 0.2) is 0 Å². The fourth-order valence-electron chi connectivity index (χ4n) is 3.76. The van der Waals surface area contributed by atoms with Crippen LogP contribution in [-0.2, 0) is 16.8 Å². The number of nitrogens with zero attached hydrogens (tertiary/aromatic N) is 1. The van der Waals surface area contributed by atoms with Gasteiger partial charge in [-0.05, 0) is 28.8 Å². The fourth-order valence-corrected chi connectivity index (χ4v) is 3.76. The predicted molar refractivity (Wildman–Crippen MR) is 115 cm³/mol. The van der Waals surface area contributed by atoms with Gasteiger partial charge in [0.05, 0.1) is 12.2 Å². The van der Waals surface area contributed by atoms with Crippen molar-refractivity contribution in [3.8, 4) is 0 Å². The monoisotopic (exact) mass is 378 g/mol. The van der Waals surface area contributed by atoms with Gasteiger partial charge in [0, 0.05) is 6.20 Å². The highest BCUT2D eigenvalue weighted by Gasteiger charge is 2.43. The van der Waals surface area contributed by atoms with Crippen LogP contribution in [0.3, 0.4) is 0 Å². The maximum atomic E-state index is 13.9. The van der Waals surface area contributed by atoms with Crippen molar-refractivity contribution in [1.29, 1.82) is 0 Å². The first kappa shape index (κ1) is 18.6. The number of pyridine rings is 1. The number of rotatable bonds is 6. The molecule has 0 unspecified atom stereocenters. The molecule has 142 valence electrons. The van der Waals surface area contributed by atoms with Crippen LogP contribution in [0.1, 0.15) is 22.4 Å². The third-order valence-corrected chi connectivity index (χ3v) is 5.12. The minimum atomic E-state index is -0.960. The summed E-state index contributed by atoms with van der Waals surface area (Å²) >= 11 is 0. The molecular formula is C26H22N2O. The minimum Gasteiger partial charge on any atom is -0.349 e. The first-order valence-electron chi connectivity index (χ1n) is 9.66. The van der Waals surface area contributed by atoms with Crippen LogP contribution in [0.15, 0.2) is 115 Å². The Bertz CT molecular complexity index is 952. The quantitative estimate of drug-likeness (QED) is 0.493. The summed E-state index contributed by atoms with van der Waals surface area (Å²) in [4.78, 5) is 18.2. The number of amides is 1. The molecule has 1 heterocycles. The summed E-state index contributed by atoms with van der Waals surface area (Å²) in [7, 11) is 0. The molecule has 0 aliphatic rings. The SMILES string of the molecule is O=C(NCc1ccccn1)C(c1ccccc1)(c1ccccc1)c1ccccc1. The van der Waals surface area contributed by atoms with Gasteiger partial charge in [-0.25, -0.2) is 0 Å². The second-order valence-electron chi connectivity index (χ2n) is 6.85. The summed E-state index contributed by atoms with van der Waals surface area (Å²) in [5.41, 5.74) is 2.64. The number of benzene rings is 3. The van der Waals surface area contributed by atoms with Gasteiger partial charge in [0.25, 0.3) is 0 Å². The molecule has 0 spiro atoms. The number of hydrogen-bond acceptors (Lipinski definition) is 2. The van der Waals surface area contributed by atoms with Crippen LogP contribution in [0, 0.1) is 0 Å². The van der Waals surface area contributed by atoms with Gasteiger partial charge in [-0.2, -0.15) is 0 Å². The number of aromatic nitrogens is 1. The molecule has 0 bridgehead atoms. The van der Waals surface area contributed by atoms with Crippen LogP contribution in [0.25, 0.3) is 0 Å². The van der Waals surface area contributed by atoms with Crippen molar-refractivity contribution in [2.75, 3.05) is 0 Å². The standard InChI is InChI=1S/C26H22N2O/c29-25(28-20-24-18-10-11-19-27-24)26(21-12-4-1-5-13-21,22-14-6-2-7-15-22)23-16-8-3-9-17-23/h1-19H,20H2,(H,28,29). The molecular weight excluding hydrogens is 356 g/mol. The number of carbonyl (C=O) groups is 1. The van der Waals surface area contributed by atoms with Gasteiger partial charge in [0.2, 0.25) is 5.91 Å². The van der Waals surface area contributed by atoms with Gasteiger partial charge in [0.1, 0.15) is 5.41 Å². The first-order chi connectivity index (χ1) is 14.3. The van der Waals surface area contributed by atoms with Crippen LogP contribution in [0.2, 0.25) is 0 Å². The van der Waals surface area contributed by atoms with Gasteiger partial charge in [-0.15, -0.1) is 0 Å². The molecule has 1 N–H and O–H groups in total. The number of carbonyl (C=O) groups excluding carboxylic acids is 1. The maximum Gasteiger partial charge on any atom is 0.239 e. The van der Waals surface area contributed by atoms with Crippen molar-refractivity contribution in [3.05, 3.63) is 138 Å². The van der Waals surface area contributed by atoms with Gasteiger partial charge >= 0.3 is 0 Å². The van der Waals surface area contributed by atoms with E-state index in [1.54, 1.807) is 6.20 Å². The second-order valence-corrected chi connectivity index (χ2v) is 6.85. The highest BCUT2D eigenvalue weighted by Crippen LogP contribution is 2.39. The summed E-state index contributed by atoms with van der Waals surface area (Å²) in [5.74, 6) is -0.0771. The molecule has 4 rings (SSSR count). The minimum absolute atomic E-state index is 0.0771. The lowest BCUT2D eigenvalue weighted by molar-refractivity contribution is -0.124. The lowest BCUT2D eigenvalue weighted by atomic mass is 9.68. The van der Waals surface area contributed by atoms with E-state index in [9.17, 15) is 4.79 Å². The zero-order valence-corrected chi connectivity index (χ0v) is 16.0. The zero-order chi connectivity index (χ0) is 19.9. The van der Waals surface area contributed by atoms with Crippen LogP contribution in [0.4, 0.5) is 0 Å². The Balaban J connectivity index is 1.87. The van der Waals surface area contributed by atoms with E-state index in [0.29, 0.717) is 6.54 Å². The summed E-state index contributed by atoms with van der Waals surface area (Å²) < 4.78 is 0. The van der Waals surface area contributed by atoms with Crippen LogP contribution in [0.5, 0.6) is 0 Å². The molecule has 1 amide bonds. The third kappa shape index (κ3) is 3.67. The Morgan fingerprint density at radius 2 is 1.10 bits per heavy atom. The van der Waals surface area contributed by atoms with E-state index in [1.807, 2.05) is 109 Å².